The van der Waals surface area contributed by atoms with E-state index in [9.17, 15) is 9.59 Å². The van der Waals surface area contributed by atoms with Gasteiger partial charge >= 0.3 is 0 Å². The number of ether oxygens (including phenoxy) is 3. The molecular weight excluding hydrogens is 302 g/mol. The zero-order chi connectivity index (χ0) is 16.8. The van der Waals surface area contributed by atoms with Gasteiger partial charge in [-0.25, -0.2) is 0 Å². The minimum Gasteiger partial charge on any atom is -0.493 e. The third-order valence-electron chi connectivity index (χ3n) is 3.47. The lowest BCUT2D eigenvalue weighted by Crippen LogP contribution is -2.53. The van der Waals surface area contributed by atoms with Crippen LogP contribution in [0.2, 0.25) is 0 Å². The highest BCUT2D eigenvalue weighted by Crippen LogP contribution is 2.39. The molecule has 1 aliphatic rings. The number of amides is 2. The van der Waals surface area contributed by atoms with Gasteiger partial charge in [-0.05, 0) is 0 Å². The van der Waals surface area contributed by atoms with Crippen LogP contribution in [0.25, 0.3) is 0 Å². The van der Waals surface area contributed by atoms with E-state index in [1.807, 2.05) is 0 Å². The lowest BCUT2D eigenvalue weighted by molar-refractivity contribution is -0.127. The second kappa shape index (κ2) is 7.68. The highest BCUT2D eigenvalue weighted by molar-refractivity contribution is 5.96. The van der Waals surface area contributed by atoms with E-state index in [-0.39, 0.29) is 18.2 Å². The molecule has 0 bridgehead atoms. The molecule has 126 valence electrons. The average Bonchev–Trinajstić information content (AvgIpc) is 2.55. The second-order valence-corrected chi connectivity index (χ2v) is 4.96. The number of hydrogen-bond acceptors (Lipinski definition) is 6. The van der Waals surface area contributed by atoms with Gasteiger partial charge in [0.05, 0.1) is 33.8 Å². The molecule has 1 atom stereocenters. The van der Waals surface area contributed by atoms with Crippen molar-refractivity contribution >= 4 is 17.5 Å². The minimum absolute atomic E-state index is 0.0441. The van der Waals surface area contributed by atoms with E-state index >= 15 is 0 Å². The Kier molecular flexibility index (Phi) is 5.64. The van der Waals surface area contributed by atoms with Crippen molar-refractivity contribution in [3.05, 3.63) is 12.1 Å². The van der Waals surface area contributed by atoms with Gasteiger partial charge in [0.25, 0.3) is 0 Å². The fourth-order valence-electron chi connectivity index (χ4n) is 2.36. The van der Waals surface area contributed by atoms with Gasteiger partial charge in [-0.1, -0.05) is 0 Å². The Hall–Kier alpha value is -2.48. The average molecular weight is 323 g/mol. The maximum absolute atomic E-state index is 12.1. The fourth-order valence-corrected chi connectivity index (χ4v) is 2.36. The van der Waals surface area contributed by atoms with Gasteiger partial charge in [0.15, 0.2) is 11.5 Å². The molecule has 0 radical (unpaired) electrons. The van der Waals surface area contributed by atoms with Gasteiger partial charge < -0.3 is 30.2 Å². The normalized spacial score (nSPS) is 17.2. The van der Waals surface area contributed by atoms with Crippen molar-refractivity contribution in [3.8, 4) is 17.2 Å². The Balaban J connectivity index is 2.09. The number of rotatable bonds is 6. The summed E-state index contributed by atoms with van der Waals surface area (Å²) in [6.07, 6.45) is 0.0441. The van der Waals surface area contributed by atoms with Crippen molar-refractivity contribution in [2.45, 2.75) is 12.5 Å². The first kappa shape index (κ1) is 16.9. The van der Waals surface area contributed by atoms with E-state index in [0.29, 0.717) is 36.0 Å². The number of anilines is 1. The van der Waals surface area contributed by atoms with Crippen LogP contribution in [0, 0.1) is 0 Å². The summed E-state index contributed by atoms with van der Waals surface area (Å²) in [5.41, 5.74) is 0.501. The maximum atomic E-state index is 12.1. The molecule has 0 aromatic heterocycles. The van der Waals surface area contributed by atoms with E-state index in [0.717, 1.165) is 0 Å². The Morgan fingerprint density at radius 2 is 1.83 bits per heavy atom. The molecule has 8 heteroatoms. The predicted molar refractivity (Wildman–Crippen MR) is 84.1 cm³/mol. The molecule has 0 spiro atoms. The summed E-state index contributed by atoms with van der Waals surface area (Å²) in [5.74, 6) is 0.873. The maximum Gasteiger partial charge on any atom is 0.237 e. The zero-order valence-electron chi connectivity index (χ0n) is 13.4. The Labute approximate surface area is 134 Å². The first-order valence-electron chi connectivity index (χ1n) is 7.20. The van der Waals surface area contributed by atoms with Crippen LogP contribution in [0.1, 0.15) is 6.42 Å². The largest absolute Gasteiger partial charge is 0.493 e. The van der Waals surface area contributed by atoms with Gasteiger partial charge in [-0.15, -0.1) is 0 Å². The number of nitrogens with one attached hydrogen (secondary N) is 3. The topological polar surface area (TPSA) is 97.9 Å². The van der Waals surface area contributed by atoms with Crippen LogP contribution >= 0.6 is 0 Å². The van der Waals surface area contributed by atoms with E-state index < -0.39 is 6.04 Å². The molecule has 1 aromatic carbocycles. The Morgan fingerprint density at radius 3 is 2.35 bits per heavy atom. The smallest absolute Gasteiger partial charge is 0.237 e. The number of carbonyl (C=O) groups excluding carboxylic acids is 2. The van der Waals surface area contributed by atoms with Crippen LogP contribution in [0.3, 0.4) is 0 Å². The monoisotopic (exact) mass is 323 g/mol. The third kappa shape index (κ3) is 4.04. The van der Waals surface area contributed by atoms with Crippen molar-refractivity contribution < 1.29 is 23.8 Å². The summed E-state index contributed by atoms with van der Waals surface area (Å²) in [4.78, 5) is 23.8. The SMILES string of the molecule is COc1cc(NC(=O)C[C@H]2NCCNC2=O)cc(OC)c1OC. The fraction of sp³-hybridized carbons (Fsp3) is 0.467. The summed E-state index contributed by atoms with van der Waals surface area (Å²) in [7, 11) is 4.50. The number of carbonyl (C=O) groups is 2. The Morgan fingerprint density at radius 1 is 1.17 bits per heavy atom. The van der Waals surface area contributed by atoms with Crippen LogP contribution in [0.5, 0.6) is 17.2 Å². The van der Waals surface area contributed by atoms with Crippen LogP contribution in [0.15, 0.2) is 12.1 Å². The van der Waals surface area contributed by atoms with Gasteiger partial charge in [0, 0.05) is 30.9 Å². The van der Waals surface area contributed by atoms with E-state index in [1.165, 1.54) is 21.3 Å². The molecule has 1 aliphatic heterocycles. The molecule has 1 saturated heterocycles. The molecule has 1 fully saturated rings. The number of piperazine rings is 1. The summed E-state index contributed by atoms with van der Waals surface area (Å²) < 4.78 is 15.7. The number of hydrogen-bond donors (Lipinski definition) is 3. The molecule has 2 rings (SSSR count). The first-order valence-corrected chi connectivity index (χ1v) is 7.20. The summed E-state index contributed by atoms with van der Waals surface area (Å²) in [5, 5.41) is 8.46. The van der Waals surface area contributed by atoms with Crippen molar-refractivity contribution in [3.63, 3.8) is 0 Å². The standard InChI is InChI=1S/C15H21N3O5/c1-21-11-6-9(7-12(22-2)14(11)23-3)18-13(19)8-10-15(20)17-5-4-16-10/h6-7,10,16H,4-5,8H2,1-3H3,(H,17,20)(H,18,19)/t10-/m1/s1. The van der Waals surface area contributed by atoms with Gasteiger partial charge in [0.1, 0.15) is 0 Å². The van der Waals surface area contributed by atoms with Crippen molar-refractivity contribution in [1.29, 1.82) is 0 Å². The molecule has 0 unspecified atom stereocenters. The van der Waals surface area contributed by atoms with Crippen molar-refractivity contribution in [2.75, 3.05) is 39.7 Å². The second-order valence-electron chi connectivity index (χ2n) is 4.96. The van der Waals surface area contributed by atoms with E-state index in [2.05, 4.69) is 16.0 Å². The highest BCUT2D eigenvalue weighted by Gasteiger charge is 2.24. The lowest BCUT2D eigenvalue weighted by atomic mass is 10.1. The molecule has 23 heavy (non-hydrogen) atoms. The van der Waals surface area contributed by atoms with Crippen LogP contribution in [-0.2, 0) is 9.59 Å². The van der Waals surface area contributed by atoms with E-state index in [1.54, 1.807) is 12.1 Å². The lowest BCUT2D eigenvalue weighted by Gasteiger charge is -2.23. The van der Waals surface area contributed by atoms with Crippen molar-refractivity contribution in [1.82, 2.24) is 10.6 Å². The van der Waals surface area contributed by atoms with Gasteiger partial charge in [0.2, 0.25) is 17.6 Å². The minimum atomic E-state index is -0.522. The molecule has 8 nitrogen and oxygen atoms in total. The van der Waals surface area contributed by atoms with Crippen LogP contribution in [-0.4, -0.2) is 52.3 Å². The van der Waals surface area contributed by atoms with Crippen LogP contribution < -0.4 is 30.2 Å². The molecule has 1 heterocycles. The highest BCUT2D eigenvalue weighted by atomic mass is 16.5. The van der Waals surface area contributed by atoms with Crippen LogP contribution in [0.4, 0.5) is 5.69 Å². The molecule has 0 saturated carbocycles. The summed E-state index contributed by atoms with van der Waals surface area (Å²) >= 11 is 0. The first-order chi connectivity index (χ1) is 11.1. The van der Waals surface area contributed by atoms with Crippen molar-refractivity contribution in [2.24, 2.45) is 0 Å². The molecular formula is C15H21N3O5. The zero-order valence-corrected chi connectivity index (χ0v) is 13.4. The predicted octanol–water partition coefficient (Wildman–Crippen LogP) is 0.129. The Bertz CT molecular complexity index is 565. The molecule has 2 amide bonds. The van der Waals surface area contributed by atoms with Gasteiger partial charge in [-0.2, -0.15) is 0 Å². The summed E-state index contributed by atoms with van der Waals surface area (Å²) in [6.45, 7) is 1.22. The van der Waals surface area contributed by atoms with Gasteiger partial charge in [-0.3, -0.25) is 9.59 Å². The molecule has 0 aliphatic carbocycles. The molecule has 3 N–H and O–H groups in total. The number of methoxy groups -OCH3 is 3. The third-order valence-corrected chi connectivity index (χ3v) is 3.47. The summed E-state index contributed by atoms with van der Waals surface area (Å²) in [6, 6.07) is 2.74. The molecule has 1 aromatic rings. The quantitative estimate of drug-likeness (QED) is 0.688. The van der Waals surface area contributed by atoms with E-state index in [4.69, 9.17) is 14.2 Å². The number of benzene rings is 1.